The van der Waals surface area contributed by atoms with Crippen molar-refractivity contribution in [1.29, 1.82) is 0 Å². The second-order valence-corrected chi connectivity index (χ2v) is 10.2. The van der Waals surface area contributed by atoms with Gasteiger partial charge in [-0.15, -0.1) is 0 Å². The Morgan fingerprint density at radius 2 is 1.86 bits per heavy atom. The first-order valence-electron chi connectivity index (χ1n) is 11.5. The van der Waals surface area contributed by atoms with E-state index < -0.39 is 22.9 Å². The number of imide groups is 1. The van der Waals surface area contributed by atoms with Gasteiger partial charge >= 0.3 is 6.18 Å². The van der Waals surface area contributed by atoms with Crippen LogP contribution in [0.5, 0.6) is 0 Å². The van der Waals surface area contributed by atoms with Crippen LogP contribution in [0.15, 0.2) is 47.5 Å². The number of halogens is 4. The first-order chi connectivity index (χ1) is 17.2. The molecular formula is C25H22ClF3N4O2S. The number of nitrogens with one attached hydrogen (secondary N) is 1. The van der Waals surface area contributed by atoms with Crippen molar-refractivity contribution < 1.29 is 22.8 Å². The van der Waals surface area contributed by atoms with Gasteiger partial charge in [0.05, 0.1) is 22.2 Å². The van der Waals surface area contributed by atoms with Gasteiger partial charge < -0.3 is 4.90 Å². The molecule has 3 aromatic rings. The van der Waals surface area contributed by atoms with E-state index in [0.29, 0.717) is 17.7 Å². The van der Waals surface area contributed by atoms with Crippen LogP contribution in [0.3, 0.4) is 0 Å². The summed E-state index contributed by atoms with van der Waals surface area (Å²) in [6.07, 6.45) is -1.05. The minimum atomic E-state index is -4.63. The lowest BCUT2D eigenvalue weighted by atomic mass is 9.93. The molecule has 0 atom stereocenters. The second kappa shape index (κ2) is 9.91. The Morgan fingerprint density at radius 3 is 2.61 bits per heavy atom. The quantitative estimate of drug-likeness (QED) is 0.394. The number of amides is 2. The van der Waals surface area contributed by atoms with Crippen LogP contribution in [0.1, 0.15) is 29.5 Å². The van der Waals surface area contributed by atoms with E-state index in [0.717, 1.165) is 54.7 Å². The van der Waals surface area contributed by atoms with Gasteiger partial charge in [-0.3, -0.25) is 19.6 Å². The third-order valence-electron chi connectivity index (χ3n) is 6.49. The average molecular weight is 535 g/mol. The Morgan fingerprint density at radius 1 is 1.08 bits per heavy atom. The van der Waals surface area contributed by atoms with E-state index in [-0.39, 0.29) is 28.5 Å². The van der Waals surface area contributed by atoms with Gasteiger partial charge in [0.25, 0.3) is 11.1 Å². The van der Waals surface area contributed by atoms with Crippen molar-refractivity contribution in [1.82, 2.24) is 20.0 Å². The summed E-state index contributed by atoms with van der Waals surface area (Å²) in [5.74, 6) is -0.478. The topological polar surface area (TPSA) is 69.3 Å². The standard InChI is InChI=1S/C25H22ClF3N4O2S/c26-18-5-3-16(20(13-18)25(27,28)29)12-19(15-4-6-21-17(11-15)14-30-31-21)22-23(34)33(24(35)36-22)10-9-32-7-1-2-8-32/h3-6,11,13-14H,1-2,7-10,12H2,(H,30,31)/b22-19-. The van der Waals surface area contributed by atoms with Crippen LogP contribution in [0, 0.1) is 0 Å². The summed E-state index contributed by atoms with van der Waals surface area (Å²) in [5.41, 5.74) is 0.762. The molecule has 0 spiro atoms. The number of aromatic amines is 1. The fourth-order valence-electron chi connectivity index (χ4n) is 4.62. The zero-order valence-corrected chi connectivity index (χ0v) is 20.6. The van der Waals surface area contributed by atoms with Crippen molar-refractivity contribution in [2.45, 2.75) is 25.4 Å². The van der Waals surface area contributed by atoms with Crippen molar-refractivity contribution in [3.8, 4) is 0 Å². The maximum absolute atomic E-state index is 13.8. The number of carbonyl (C=O) groups is 2. The summed E-state index contributed by atoms with van der Waals surface area (Å²) in [5, 5.41) is 7.13. The summed E-state index contributed by atoms with van der Waals surface area (Å²) < 4.78 is 41.5. The lowest BCUT2D eigenvalue weighted by Gasteiger charge is -2.19. The summed E-state index contributed by atoms with van der Waals surface area (Å²) in [6.45, 7) is 2.69. The number of aromatic nitrogens is 2. The van der Waals surface area contributed by atoms with Gasteiger partial charge in [-0.1, -0.05) is 23.7 Å². The largest absolute Gasteiger partial charge is 0.416 e. The normalized spacial score (nSPS) is 18.6. The van der Waals surface area contributed by atoms with E-state index in [9.17, 15) is 22.8 Å². The van der Waals surface area contributed by atoms with Crippen molar-refractivity contribution in [2.24, 2.45) is 0 Å². The third kappa shape index (κ3) is 5.02. The highest BCUT2D eigenvalue weighted by Gasteiger charge is 2.39. The zero-order chi connectivity index (χ0) is 25.4. The Balaban J connectivity index is 1.56. The summed E-state index contributed by atoms with van der Waals surface area (Å²) in [7, 11) is 0. The molecule has 0 bridgehead atoms. The van der Waals surface area contributed by atoms with E-state index in [4.69, 9.17) is 11.6 Å². The van der Waals surface area contributed by atoms with Gasteiger partial charge in [-0.05, 0) is 85.1 Å². The molecule has 2 aliphatic rings. The number of alkyl halides is 3. The molecule has 188 valence electrons. The molecule has 36 heavy (non-hydrogen) atoms. The molecule has 0 unspecified atom stereocenters. The Kier molecular flexibility index (Phi) is 6.84. The fraction of sp³-hybridized carbons (Fsp3) is 0.320. The Labute approximate surface area is 214 Å². The fourth-order valence-corrected chi connectivity index (χ4v) is 5.77. The minimum absolute atomic E-state index is 0.0296. The number of thioether (sulfide) groups is 1. The molecule has 2 fully saturated rings. The number of carbonyl (C=O) groups excluding carboxylic acids is 2. The van der Waals surface area contributed by atoms with E-state index in [1.165, 1.54) is 17.0 Å². The molecule has 5 rings (SSSR count). The van der Waals surface area contributed by atoms with E-state index in [2.05, 4.69) is 15.1 Å². The highest BCUT2D eigenvalue weighted by atomic mass is 35.5. The second-order valence-electron chi connectivity index (χ2n) is 8.83. The first kappa shape index (κ1) is 24.9. The predicted molar refractivity (Wildman–Crippen MR) is 134 cm³/mol. The Hall–Kier alpha value is -2.82. The molecule has 11 heteroatoms. The maximum Gasteiger partial charge on any atom is 0.416 e. The van der Waals surface area contributed by atoms with Crippen LogP contribution in [0.2, 0.25) is 5.02 Å². The molecule has 0 aliphatic carbocycles. The molecule has 1 aromatic heterocycles. The molecule has 2 aliphatic heterocycles. The molecular weight excluding hydrogens is 513 g/mol. The van der Waals surface area contributed by atoms with E-state index in [1.54, 1.807) is 24.4 Å². The van der Waals surface area contributed by atoms with E-state index >= 15 is 0 Å². The maximum atomic E-state index is 13.8. The molecule has 0 saturated carbocycles. The SMILES string of the molecule is O=C1S/C(=C(/Cc2ccc(Cl)cc2C(F)(F)F)c2ccc3[nH]ncc3c2)C(=O)N1CCN1CCCC1. The van der Waals surface area contributed by atoms with Crippen LogP contribution in [0.25, 0.3) is 16.5 Å². The van der Waals surface area contributed by atoms with Crippen LogP contribution >= 0.6 is 23.4 Å². The van der Waals surface area contributed by atoms with Crippen LogP contribution in [0.4, 0.5) is 18.0 Å². The molecule has 2 aromatic carbocycles. The molecule has 2 saturated heterocycles. The molecule has 1 N–H and O–H groups in total. The number of rotatable bonds is 6. The number of allylic oxidation sites excluding steroid dienone is 1. The van der Waals surface area contributed by atoms with Crippen molar-refractivity contribution in [2.75, 3.05) is 26.2 Å². The number of nitrogens with zero attached hydrogens (tertiary/aromatic N) is 3. The smallest absolute Gasteiger partial charge is 0.302 e. The van der Waals surface area contributed by atoms with Crippen molar-refractivity contribution in [3.63, 3.8) is 0 Å². The van der Waals surface area contributed by atoms with Gasteiger partial charge in [0.2, 0.25) is 0 Å². The minimum Gasteiger partial charge on any atom is -0.302 e. The van der Waals surface area contributed by atoms with Crippen LogP contribution in [-0.4, -0.2) is 57.3 Å². The monoisotopic (exact) mass is 534 g/mol. The van der Waals surface area contributed by atoms with Crippen LogP contribution < -0.4 is 0 Å². The predicted octanol–water partition coefficient (Wildman–Crippen LogP) is 5.98. The summed E-state index contributed by atoms with van der Waals surface area (Å²) in [6, 6.07) is 8.83. The van der Waals surface area contributed by atoms with Crippen molar-refractivity contribution >= 4 is 51.0 Å². The highest BCUT2D eigenvalue weighted by molar-refractivity contribution is 8.18. The van der Waals surface area contributed by atoms with Gasteiger partial charge in [0.15, 0.2) is 0 Å². The third-order valence-corrected chi connectivity index (χ3v) is 7.75. The first-order valence-corrected chi connectivity index (χ1v) is 12.7. The summed E-state index contributed by atoms with van der Waals surface area (Å²) >= 11 is 6.65. The number of hydrogen-bond acceptors (Lipinski definition) is 5. The van der Waals surface area contributed by atoms with Crippen molar-refractivity contribution in [3.05, 3.63) is 69.2 Å². The number of fused-ring (bicyclic) bond motifs is 1. The molecule has 2 amide bonds. The van der Waals surface area contributed by atoms with Gasteiger partial charge in [-0.2, -0.15) is 18.3 Å². The Bertz CT molecular complexity index is 1360. The average Bonchev–Trinajstić information content (AvgIpc) is 3.57. The van der Waals surface area contributed by atoms with Crippen LogP contribution in [-0.2, 0) is 17.4 Å². The molecule has 0 radical (unpaired) electrons. The molecule has 6 nitrogen and oxygen atoms in total. The van der Waals surface area contributed by atoms with Gasteiger partial charge in [0, 0.05) is 23.5 Å². The lowest BCUT2D eigenvalue weighted by molar-refractivity contribution is -0.138. The lowest BCUT2D eigenvalue weighted by Crippen LogP contribution is -2.36. The zero-order valence-electron chi connectivity index (χ0n) is 19.1. The number of H-pyrrole nitrogens is 1. The number of hydrogen-bond donors (Lipinski definition) is 1. The number of likely N-dealkylation sites (tertiary alicyclic amines) is 1. The molecule has 3 heterocycles. The van der Waals surface area contributed by atoms with Gasteiger partial charge in [0.1, 0.15) is 0 Å². The van der Waals surface area contributed by atoms with Gasteiger partial charge in [-0.25, -0.2) is 0 Å². The van der Waals surface area contributed by atoms with E-state index in [1.807, 2.05) is 0 Å². The highest BCUT2D eigenvalue weighted by Crippen LogP contribution is 2.41. The number of benzene rings is 2. The summed E-state index contributed by atoms with van der Waals surface area (Å²) in [4.78, 5) is 29.8.